The lowest BCUT2D eigenvalue weighted by molar-refractivity contribution is -0.119. The first kappa shape index (κ1) is 23.4. The maximum Gasteiger partial charge on any atom is 0.411 e. The van der Waals surface area contributed by atoms with E-state index in [2.05, 4.69) is 10.2 Å². The van der Waals surface area contributed by atoms with Crippen LogP contribution < -0.4 is 10.2 Å². The summed E-state index contributed by atoms with van der Waals surface area (Å²) in [6.45, 7) is 8.05. The number of fused-ring (bicyclic) bond motifs is 2. The van der Waals surface area contributed by atoms with Crippen molar-refractivity contribution in [2.75, 3.05) is 36.5 Å². The minimum Gasteiger partial charge on any atom is -0.450 e. The lowest BCUT2D eigenvalue weighted by Gasteiger charge is -2.28. The van der Waals surface area contributed by atoms with Gasteiger partial charge in [-0.3, -0.25) is 19.9 Å². The second-order valence-corrected chi connectivity index (χ2v) is 6.70. The standard InChI is InChI=1S/C23H27N3O3.ClH/c1-4-25(5-2)16-22(27)26-20-10-8-7-9-17(20)11-12-18-13-14-19(15-21(18)26)24-23(28)29-6-3;/h7-15H,4-6,16H2,1-3H3,(H,24,28);1H. The Labute approximate surface area is 183 Å². The van der Waals surface area contributed by atoms with Crippen molar-refractivity contribution >= 4 is 53.6 Å². The van der Waals surface area contributed by atoms with Crippen LogP contribution in [0.3, 0.4) is 0 Å². The van der Waals surface area contributed by atoms with E-state index in [1.165, 1.54) is 0 Å². The molecule has 0 saturated carbocycles. The summed E-state index contributed by atoms with van der Waals surface area (Å²) in [5.74, 6) is -0.0145. The van der Waals surface area contributed by atoms with Gasteiger partial charge in [0, 0.05) is 5.69 Å². The predicted molar refractivity (Wildman–Crippen MR) is 125 cm³/mol. The van der Waals surface area contributed by atoms with E-state index in [0.717, 1.165) is 35.6 Å². The number of carbonyl (C=O) groups excluding carboxylic acids is 2. The average molecular weight is 430 g/mol. The predicted octanol–water partition coefficient (Wildman–Crippen LogP) is 5.17. The highest BCUT2D eigenvalue weighted by Crippen LogP contribution is 2.38. The van der Waals surface area contributed by atoms with Gasteiger partial charge in [0.2, 0.25) is 5.91 Å². The molecule has 30 heavy (non-hydrogen) atoms. The number of hydrogen-bond acceptors (Lipinski definition) is 4. The van der Waals surface area contributed by atoms with Crippen molar-refractivity contribution in [3.63, 3.8) is 0 Å². The molecule has 0 atom stereocenters. The highest BCUT2D eigenvalue weighted by molar-refractivity contribution is 6.07. The Bertz CT molecular complexity index is 926. The molecule has 0 aliphatic carbocycles. The van der Waals surface area contributed by atoms with Crippen molar-refractivity contribution in [3.8, 4) is 0 Å². The number of halogens is 1. The van der Waals surface area contributed by atoms with Crippen LogP contribution in [0.4, 0.5) is 21.9 Å². The van der Waals surface area contributed by atoms with Crippen molar-refractivity contribution in [2.24, 2.45) is 0 Å². The van der Waals surface area contributed by atoms with Crippen LogP contribution in [0.25, 0.3) is 12.2 Å². The lowest BCUT2D eigenvalue weighted by atomic mass is 10.1. The van der Waals surface area contributed by atoms with E-state index >= 15 is 0 Å². The molecule has 2 aromatic rings. The lowest BCUT2D eigenvalue weighted by Crippen LogP contribution is -2.38. The number of anilines is 3. The zero-order chi connectivity index (χ0) is 20.8. The Kier molecular flexibility index (Phi) is 8.45. The summed E-state index contributed by atoms with van der Waals surface area (Å²) < 4.78 is 4.98. The SMILES string of the molecule is CCOC(=O)Nc1ccc2c(c1)N(C(=O)CN(CC)CC)c1ccccc1C=C2.Cl. The van der Waals surface area contributed by atoms with Gasteiger partial charge in [-0.25, -0.2) is 4.79 Å². The first-order chi connectivity index (χ1) is 14.1. The molecule has 1 aliphatic heterocycles. The second kappa shape index (κ2) is 10.8. The maximum atomic E-state index is 13.4. The number of ether oxygens (including phenoxy) is 1. The number of hydrogen-bond donors (Lipinski definition) is 1. The van der Waals surface area contributed by atoms with Crippen LogP contribution in [0.15, 0.2) is 42.5 Å². The number of carbonyl (C=O) groups is 2. The number of amides is 2. The van der Waals surface area contributed by atoms with E-state index in [0.29, 0.717) is 18.8 Å². The molecule has 0 spiro atoms. The van der Waals surface area contributed by atoms with E-state index in [1.54, 1.807) is 11.8 Å². The van der Waals surface area contributed by atoms with Crippen LogP contribution in [0.2, 0.25) is 0 Å². The average Bonchev–Trinajstić information content (AvgIpc) is 2.88. The van der Waals surface area contributed by atoms with Crippen LogP contribution in [-0.2, 0) is 9.53 Å². The number of nitrogens with zero attached hydrogens (tertiary/aromatic N) is 2. The van der Waals surface area contributed by atoms with Gasteiger partial charge in [0.05, 0.1) is 24.5 Å². The van der Waals surface area contributed by atoms with E-state index < -0.39 is 6.09 Å². The Morgan fingerprint density at radius 2 is 1.63 bits per heavy atom. The zero-order valence-corrected chi connectivity index (χ0v) is 18.4. The molecule has 1 N–H and O–H groups in total. The molecule has 0 saturated heterocycles. The number of nitrogens with one attached hydrogen (secondary N) is 1. The first-order valence-electron chi connectivity index (χ1n) is 9.97. The number of para-hydroxylation sites is 1. The van der Waals surface area contributed by atoms with E-state index in [-0.39, 0.29) is 18.3 Å². The van der Waals surface area contributed by atoms with E-state index in [1.807, 2.05) is 68.5 Å². The second-order valence-electron chi connectivity index (χ2n) is 6.70. The molecular weight excluding hydrogens is 402 g/mol. The van der Waals surface area contributed by atoms with Gasteiger partial charge in [-0.05, 0) is 49.3 Å². The normalized spacial score (nSPS) is 11.8. The summed E-state index contributed by atoms with van der Waals surface area (Å²) in [5.41, 5.74) is 4.02. The van der Waals surface area contributed by atoms with Crippen molar-refractivity contribution in [1.82, 2.24) is 4.90 Å². The van der Waals surface area contributed by atoms with Gasteiger partial charge in [0.1, 0.15) is 0 Å². The van der Waals surface area contributed by atoms with Crippen molar-refractivity contribution in [3.05, 3.63) is 53.6 Å². The third kappa shape index (κ3) is 5.20. The molecule has 160 valence electrons. The van der Waals surface area contributed by atoms with Gasteiger partial charge in [-0.2, -0.15) is 0 Å². The van der Waals surface area contributed by atoms with Crippen LogP contribution >= 0.6 is 12.4 Å². The minimum atomic E-state index is -0.516. The molecule has 3 rings (SSSR count). The molecule has 0 unspecified atom stereocenters. The summed E-state index contributed by atoms with van der Waals surface area (Å²) in [6, 6.07) is 13.3. The van der Waals surface area contributed by atoms with Gasteiger partial charge in [0.15, 0.2) is 0 Å². The largest absolute Gasteiger partial charge is 0.450 e. The van der Waals surface area contributed by atoms with Crippen LogP contribution in [0, 0.1) is 0 Å². The van der Waals surface area contributed by atoms with Crippen molar-refractivity contribution in [1.29, 1.82) is 0 Å². The Morgan fingerprint density at radius 1 is 0.967 bits per heavy atom. The van der Waals surface area contributed by atoms with E-state index in [4.69, 9.17) is 4.74 Å². The van der Waals surface area contributed by atoms with Crippen LogP contribution in [0.5, 0.6) is 0 Å². The zero-order valence-electron chi connectivity index (χ0n) is 17.6. The fourth-order valence-corrected chi connectivity index (χ4v) is 3.36. The summed E-state index contributed by atoms with van der Waals surface area (Å²) in [5, 5.41) is 2.73. The summed E-state index contributed by atoms with van der Waals surface area (Å²) in [6.07, 6.45) is 3.49. The molecule has 6 nitrogen and oxygen atoms in total. The molecule has 0 radical (unpaired) electrons. The molecule has 0 aromatic heterocycles. The fourth-order valence-electron chi connectivity index (χ4n) is 3.36. The highest BCUT2D eigenvalue weighted by Gasteiger charge is 2.25. The Morgan fingerprint density at radius 3 is 2.30 bits per heavy atom. The third-order valence-corrected chi connectivity index (χ3v) is 4.92. The van der Waals surface area contributed by atoms with Crippen LogP contribution in [0.1, 0.15) is 31.9 Å². The minimum absolute atomic E-state index is 0. The Hall–Kier alpha value is -2.83. The topological polar surface area (TPSA) is 61.9 Å². The molecule has 0 fully saturated rings. The summed E-state index contributed by atoms with van der Waals surface area (Å²) in [4.78, 5) is 29.1. The monoisotopic (exact) mass is 429 g/mol. The first-order valence-corrected chi connectivity index (χ1v) is 9.97. The molecule has 1 heterocycles. The van der Waals surface area contributed by atoms with Crippen molar-refractivity contribution < 1.29 is 14.3 Å². The number of likely N-dealkylation sites (N-methyl/N-ethyl adjacent to an activating group) is 1. The van der Waals surface area contributed by atoms with E-state index in [9.17, 15) is 9.59 Å². The van der Waals surface area contributed by atoms with Crippen LogP contribution in [-0.4, -0.2) is 43.1 Å². The van der Waals surface area contributed by atoms with Gasteiger partial charge < -0.3 is 4.74 Å². The number of benzene rings is 2. The van der Waals surface area contributed by atoms with Gasteiger partial charge in [-0.15, -0.1) is 12.4 Å². The molecular formula is C23H28ClN3O3. The van der Waals surface area contributed by atoms with Crippen molar-refractivity contribution in [2.45, 2.75) is 20.8 Å². The van der Waals surface area contributed by atoms with Gasteiger partial charge >= 0.3 is 6.09 Å². The number of rotatable bonds is 6. The van der Waals surface area contributed by atoms with Gasteiger partial charge in [0.25, 0.3) is 0 Å². The van der Waals surface area contributed by atoms with Gasteiger partial charge in [-0.1, -0.05) is 50.3 Å². The molecule has 0 bridgehead atoms. The highest BCUT2D eigenvalue weighted by atomic mass is 35.5. The fraction of sp³-hybridized carbons (Fsp3) is 0.304. The smallest absolute Gasteiger partial charge is 0.411 e. The summed E-state index contributed by atoms with van der Waals surface area (Å²) >= 11 is 0. The molecule has 2 amide bonds. The quantitative estimate of drug-likeness (QED) is 0.688. The third-order valence-electron chi connectivity index (χ3n) is 4.92. The molecule has 7 heteroatoms. The Balaban J connectivity index is 0.00000320. The maximum absolute atomic E-state index is 13.4. The molecule has 2 aromatic carbocycles. The molecule has 1 aliphatic rings. The summed E-state index contributed by atoms with van der Waals surface area (Å²) in [7, 11) is 0.